The number of halogens is 1. The van der Waals surface area contributed by atoms with Crippen molar-refractivity contribution in [3.05, 3.63) is 41.4 Å². The summed E-state index contributed by atoms with van der Waals surface area (Å²) in [7, 11) is 0. The number of nitrogens with one attached hydrogen (secondary N) is 1. The summed E-state index contributed by atoms with van der Waals surface area (Å²) in [6.07, 6.45) is 8.18. The third kappa shape index (κ3) is 5.47. The Morgan fingerprint density at radius 1 is 1.32 bits per heavy atom. The van der Waals surface area contributed by atoms with Crippen LogP contribution in [0.5, 0.6) is 0 Å². The first-order chi connectivity index (χ1) is 13.6. The quantitative estimate of drug-likeness (QED) is 0.439. The van der Waals surface area contributed by atoms with Crippen molar-refractivity contribution >= 4 is 33.6 Å². The summed E-state index contributed by atoms with van der Waals surface area (Å²) in [4.78, 5) is 12.6. The van der Waals surface area contributed by atoms with Gasteiger partial charge in [0.15, 0.2) is 11.0 Å². The van der Waals surface area contributed by atoms with Gasteiger partial charge in [-0.1, -0.05) is 65.2 Å². The molecule has 1 aromatic heterocycles. The molecule has 1 fully saturated rings. The molecule has 1 aliphatic rings. The minimum atomic E-state index is -0.228. The molecule has 0 spiro atoms. The normalized spacial score (nSPS) is 15.9. The van der Waals surface area contributed by atoms with Gasteiger partial charge in [0.25, 0.3) is 0 Å². The number of hydrogen-bond donors (Lipinski definition) is 1. The van der Waals surface area contributed by atoms with Crippen LogP contribution in [0.4, 0.5) is 0 Å². The molecule has 1 atom stereocenters. The third-order valence-corrected chi connectivity index (χ3v) is 6.68. The highest BCUT2D eigenvalue weighted by Crippen LogP contribution is 2.28. The van der Waals surface area contributed by atoms with Crippen molar-refractivity contribution in [2.75, 3.05) is 6.54 Å². The molecular weight excluding hydrogens is 436 g/mol. The summed E-state index contributed by atoms with van der Waals surface area (Å²) in [6.45, 7) is 7.15. The van der Waals surface area contributed by atoms with Crippen LogP contribution in [-0.2, 0) is 11.3 Å². The van der Waals surface area contributed by atoms with Gasteiger partial charge in [0.1, 0.15) is 0 Å². The summed E-state index contributed by atoms with van der Waals surface area (Å²) >= 11 is 4.90. The molecule has 1 amide bonds. The van der Waals surface area contributed by atoms with Gasteiger partial charge in [0.2, 0.25) is 5.91 Å². The number of hydrogen-bond acceptors (Lipinski definition) is 4. The molecule has 1 aromatic carbocycles. The SMILES string of the molecule is C=CCn1c(SC(C)C(=O)NCC2CCCCC2)nnc1-c1ccc(Br)cc1. The fourth-order valence-corrected chi connectivity index (χ4v) is 4.62. The lowest BCUT2D eigenvalue weighted by Gasteiger charge is -2.22. The van der Waals surface area contributed by atoms with E-state index in [9.17, 15) is 4.79 Å². The number of nitrogens with zero attached hydrogens (tertiary/aromatic N) is 3. The van der Waals surface area contributed by atoms with E-state index in [4.69, 9.17) is 0 Å². The van der Waals surface area contributed by atoms with E-state index in [0.717, 1.165) is 27.6 Å². The number of amides is 1. The van der Waals surface area contributed by atoms with Crippen molar-refractivity contribution in [1.29, 1.82) is 0 Å². The third-order valence-electron chi connectivity index (χ3n) is 5.07. The number of benzene rings is 1. The molecule has 1 heterocycles. The van der Waals surface area contributed by atoms with Gasteiger partial charge in [-0.25, -0.2) is 0 Å². The summed E-state index contributed by atoms with van der Waals surface area (Å²) in [5, 5.41) is 12.3. The average molecular weight is 463 g/mol. The predicted octanol–water partition coefficient (Wildman–Crippen LogP) is 5.07. The highest BCUT2D eigenvalue weighted by Gasteiger charge is 2.21. The maximum atomic E-state index is 12.6. The first-order valence-electron chi connectivity index (χ1n) is 9.83. The van der Waals surface area contributed by atoms with Crippen LogP contribution in [0.15, 0.2) is 46.5 Å². The average Bonchev–Trinajstić information content (AvgIpc) is 3.10. The molecule has 0 saturated heterocycles. The molecule has 28 heavy (non-hydrogen) atoms. The molecule has 150 valence electrons. The van der Waals surface area contributed by atoms with Gasteiger partial charge in [-0.05, 0) is 37.8 Å². The topological polar surface area (TPSA) is 59.8 Å². The Kier molecular flexibility index (Phi) is 7.73. The van der Waals surface area contributed by atoms with Crippen molar-refractivity contribution in [2.45, 2.75) is 56.0 Å². The van der Waals surface area contributed by atoms with Crippen molar-refractivity contribution in [1.82, 2.24) is 20.1 Å². The van der Waals surface area contributed by atoms with Crippen molar-refractivity contribution in [2.24, 2.45) is 5.92 Å². The molecule has 5 nitrogen and oxygen atoms in total. The summed E-state index contributed by atoms with van der Waals surface area (Å²) in [5.41, 5.74) is 0.985. The molecule has 2 aromatic rings. The van der Waals surface area contributed by atoms with Crippen LogP contribution in [0.25, 0.3) is 11.4 Å². The van der Waals surface area contributed by atoms with Crippen LogP contribution in [-0.4, -0.2) is 32.5 Å². The van der Waals surface area contributed by atoms with Gasteiger partial charge in [0, 0.05) is 23.1 Å². The van der Waals surface area contributed by atoms with Gasteiger partial charge < -0.3 is 5.32 Å². The zero-order chi connectivity index (χ0) is 19.9. The number of carbonyl (C=O) groups excluding carboxylic acids is 1. The molecule has 1 N–H and O–H groups in total. The summed E-state index contributed by atoms with van der Waals surface area (Å²) < 4.78 is 3.02. The molecule has 0 bridgehead atoms. The van der Waals surface area contributed by atoms with Crippen LogP contribution in [0.1, 0.15) is 39.0 Å². The summed E-state index contributed by atoms with van der Waals surface area (Å²) in [5.74, 6) is 1.47. The number of rotatable bonds is 8. The van der Waals surface area contributed by atoms with Crippen LogP contribution < -0.4 is 5.32 Å². The monoisotopic (exact) mass is 462 g/mol. The van der Waals surface area contributed by atoms with E-state index < -0.39 is 0 Å². The lowest BCUT2D eigenvalue weighted by atomic mass is 9.89. The first-order valence-corrected chi connectivity index (χ1v) is 11.5. The van der Waals surface area contributed by atoms with Crippen molar-refractivity contribution in [3.63, 3.8) is 0 Å². The minimum Gasteiger partial charge on any atom is -0.355 e. The van der Waals surface area contributed by atoms with Crippen LogP contribution >= 0.6 is 27.7 Å². The minimum absolute atomic E-state index is 0.0638. The number of thioether (sulfide) groups is 1. The van der Waals surface area contributed by atoms with Gasteiger partial charge in [-0.3, -0.25) is 9.36 Å². The maximum Gasteiger partial charge on any atom is 0.233 e. The standard InChI is InChI=1S/C21H27BrN4OS/c1-3-13-26-19(17-9-11-18(22)12-10-17)24-25-21(26)28-15(2)20(27)23-14-16-7-5-4-6-8-16/h3,9-12,15-16H,1,4-8,13-14H2,2H3,(H,23,27). The smallest absolute Gasteiger partial charge is 0.233 e. The lowest BCUT2D eigenvalue weighted by molar-refractivity contribution is -0.120. The fourth-order valence-electron chi connectivity index (χ4n) is 3.47. The second kappa shape index (κ2) is 10.3. The zero-order valence-electron chi connectivity index (χ0n) is 16.2. The largest absolute Gasteiger partial charge is 0.355 e. The number of allylic oxidation sites excluding steroid dienone is 1. The van der Waals surface area contributed by atoms with Gasteiger partial charge >= 0.3 is 0 Å². The molecule has 1 saturated carbocycles. The van der Waals surface area contributed by atoms with Crippen LogP contribution in [0.2, 0.25) is 0 Å². The van der Waals surface area contributed by atoms with E-state index >= 15 is 0 Å². The Hall–Kier alpha value is -1.60. The molecule has 0 aliphatic heterocycles. The Morgan fingerprint density at radius 2 is 2.04 bits per heavy atom. The molecule has 0 radical (unpaired) electrons. The van der Waals surface area contributed by atoms with E-state index in [2.05, 4.69) is 38.0 Å². The maximum absolute atomic E-state index is 12.6. The molecule has 1 aliphatic carbocycles. The van der Waals surface area contributed by atoms with Gasteiger partial charge in [0.05, 0.1) is 5.25 Å². The Balaban J connectivity index is 1.66. The van der Waals surface area contributed by atoms with E-state index in [1.807, 2.05) is 41.8 Å². The van der Waals surface area contributed by atoms with Gasteiger partial charge in [-0.2, -0.15) is 0 Å². The van der Waals surface area contributed by atoms with Crippen molar-refractivity contribution < 1.29 is 4.79 Å². The van der Waals surface area contributed by atoms with Gasteiger partial charge in [-0.15, -0.1) is 16.8 Å². The van der Waals surface area contributed by atoms with Crippen LogP contribution in [0, 0.1) is 5.92 Å². The lowest BCUT2D eigenvalue weighted by Crippen LogP contribution is -2.35. The molecular formula is C21H27BrN4OS. The highest BCUT2D eigenvalue weighted by atomic mass is 79.9. The van der Waals surface area contributed by atoms with Crippen LogP contribution in [0.3, 0.4) is 0 Å². The summed E-state index contributed by atoms with van der Waals surface area (Å²) in [6, 6.07) is 7.97. The zero-order valence-corrected chi connectivity index (χ0v) is 18.6. The van der Waals surface area contributed by atoms with E-state index in [0.29, 0.717) is 12.5 Å². The first kappa shape index (κ1) is 21.1. The number of carbonyl (C=O) groups is 1. The predicted molar refractivity (Wildman–Crippen MR) is 118 cm³/mol. The Morgan fingerprint density at radius 3 is 2.71 bits per heavy atom. The second-order valence-electron chi connectivity index (χ2n) is 7.22. The molecule has 3 rings (SSSR count). The molecule has 1 unspecified atom stereocenters. The Bertz CT molecular complexity index is 799. The van der Waals surface area contributed by atoms with E-state index in [1.165, 1.54) is 43.9 Å². The second-order valence-corrected chi connectivity index (χ2v) is 9.45. The van der Waals surface area contributed by atoms with E-state index in [-0.39, 0.29) is 11.2 Å². The van der Waals surface area contributed by atoms with Crippen molar-refractivity contribution in [3.8, 4) is 11.4 Å². The Labute approximate surface area is 179 Å². The highest BCUT2D eigenvalue weighted by molar-refractivity contribution is 9.10. The number of aromatic nitrogens is 3. The van der Waals surface area contributed by atoms with E-state index in [1.54, 1.807) is 0 Å². The fraction of sp³-hybridized carbons (Fsp3) is 0.476. The molecule has 7 heteroatoms.